The maximum atomic E-state index is 11.0. The number of carbonyl (C=O) groups excluding carboxylic acids is 1. The largest absolute Gasteiger partial charge is 0.467 e. The SMILES string of the molecule is CCCCCCCC(CCCCCC)CCOCC(=O)OC. The summed E-state index contributed by atoms with van der Waals surface area (Å²) in [6, 6.07) is 0. The van der Waals surface area contributed by atoms with E-state index < -0.39 is 0 Å². The highest BCUT2D eigenvalue weighted by Gasteiger charge is 2.09. The van der Waals surface area contributed by atoms with E-state index in [1.807, 2.05) is 0 Å². The molecule has 0 rings (SSSR count). The van der Waals surface area contributed by atoms with Gasteiger partial charge in [-0.1, -0.05) is 84.5 Å². The van der Waals surface area contributed by atoms with Gasteiger partial charge in [0.05, 0.1) is 7.11 Å². The van der Waals surface area contributed by atoms with Crippen LogP contribution in [0, 0.1) is 5.92 Å². The predicted octanol–water partition coefficient (Wildman–Crippen LogP) is 5.51. The molecule has 0 aliphatic carbocycles. The number of carbonyl (C=O) groups is 1. The second-order valence-corrected chi connectivity index (χ2v) is 6.34. The molecule has 0 aromatic carbocycles. The molecule has 0 heterocycles. The van der Waals surface area contributed by atoms with Gasteiger partial charge in [0.25, 0.3) is 0 Å². The summed E-state index contributed by atoms with van der Waals surface area (Å²) in [6.07, 6.45) is 15.8. The van der Waals surface area contributed by atoms with Crippen LogP contribution in [0.1, 0.15) is 90.9 Å². The first-order valence-corrected chi connectivity index (χ1v) is 9.39. The van der Waals surface area contributed by atoms with E-state index in [9.17, 15) is 4.79 Å². The topological polar surface area (TPSA) is 35.5 Å². The molecule has 132 valence electrons. The molecule has 22 heavy (non-hydrogen) atoms. The molecule has 0 saturated carbocycles. The van der Waals surface area contributed by atoms with E-state index in [-0.39, 0.29) is 12.6 Å². The van der Waals surface area contributed by atoms with Gasteiger partial charge in [0.15, 0.2) is 0 Å². The van der Waals surface area contributed by atoms with E-state index in [2.05, 4.69) is 18.6 Å². The van der Waals surface area contributed by atoms with Gasteiger partial charge in [-0.3, -0.25) is 0 Å². The standard InChI is InChI=1S/C19H38O3/c1-4-6-8-10-12-14-18(13-11-9-7-5-2)15-16-22-17-19(20)21-3/h18H,4-17H2,1-3H3. The fourth-order valence-electron chi connectivity index (χ4n) is 2.79. The Morgan fingerprint density at radius 2 is 1.36 bits per heavy atom. The van der Waals surface area contributed by atoms with Gasteiger partial charge in [0.1, 0.15) is 6.61 Å². The van der Waals surface area contributed by atoms with E-state index in [0.717, 1.165) is 12.3 Å². The van der Waals surface area contributed by atoms with Gasteiger partial charge in [0.2, 0.25) is 0 Å². The first-order chi connectivity index (χ1) is 10.7. The molecule has 0 aromatic rings. The maximum absolute atomic E-state index is 11.0. The van der Waals surface area contributed by atoms with Crippen LogP contribution in [0.15, 0.2) is 0 Å². The average molecular weight is 315 g/mol. The van der Waals surface area contributed by atoms with Gasteiger partial charge < -0.3 is 9.47 Å². The molecule has 0 aromatic heterocycles. The zero-order chi connectivity index (χ0) is 16.5. The summed E-state index contributed by atoms with van der Waals surface area (Å²) in [6.45, 7) is 5.29. The van der Waals surface area contributed by atoms with Gasteiger partial charge in [-0.05, 0) is 12.3 Å². The third-order valence-electron chi connectivity index (χ3n) is 4.30. The maximum Gasteiger partial charge on any atom is 0.331 e. The molecule has 0 aliphatic heterocycles. The Balaban J connectivity index is 3.81. The Hall–Kier alpha value is -0.570. The first kappa shape index (κ1) is 21.4. The van der Waals surface area contributed by atoms with Crippen molar-refractivity contribution in [3.05, 3.63) is 0 Å². The van der Waals surface area contributed by atoms with Crippen molar-refractivity contribution in [3.63, 3.8) is 0 Å². The summed E-state index contributed by atoms with van der Waals surface area (Å²) in [5.41, 5.74) is 0. The van der Waals surface area contributed by atoms with Crippen molar-refractivity contribution in [1.82, 2.24) is 0 Å². The number of unbranched alkanes of at least 4 members (excludes halogenated alkanes) is 7. The lowest BCUT2D eigenvalue weighted by atomic mass is 9.92. The van der Waals surface area contributed by atoms with Crippen LogP contribution in [0.5, 0.6) is 0 Å². The highest BCUT2D eigenvalue weighted by molar-refractivity contribution is 5.70. The Labute approximate surface area is 138 Å². The van der Waals surface area contributed by atoms with Crippen LogP contribution < -0.4 is 0 Å². The van der Waals surface area contributed by atoms with E-state index in [0.29, 0.717) is 6.61 Å². The van der Waals surface area contributed by atoms with Crippen molar-refractivity contribution in [2.24, 2.45) is 5.92 Å². The van der Waals surface area contributed by atoms with E-state index in [4.69, 9.17) is 4.74 Å². The predicted molar refractivity (Wildman–Crippen MR) is 93.1 cm³/mol. The molecule has 3 nitrogen and oxygen atoms in total. The number of hydrogen-bond acceptors (Lipinski definition) is 3. The lowest BCUT2D eigenvalue weighted by Crippen LogP contribution is -2.13. The number of methoxy groups -OCH3 is 1. The zero-order valence-electron chi connectivity index (χ0n) is 15.2. The first-order valence-electron chi connectivity index (χ1n) is 9.39. The Bertz CT molecular complexity index is 241. The van der Waals surface area contributed by atoms with E-state index in [1.54, 1.807) is 0 Å². The third-order valence-corrected chi connectivity index (χ3v) is 4.30. The minimum absolute atomic E-state index is 0.0928. The van der Waals surface area contributed by atoms with Gasteiger partial charge in [-0.25, -0.2) is 4.79 Å². The number of esters is 1. The van der Waals surface area contributed by atoms with Crippen LogP contribution in [0.3, 0.4) is 0 Å². The average Bonchev–Trinajstić information content (AvgIpc) is 2.54. The minimum atomic E-state index is -0.279. The molecule has 0 N–H and O–H groups in total. The second kappa shape index (κ2) is 16.8. The van der Waals surface area contributed by atoms with Crippen molar-refractivity contribution in [3.8, 4) is 0 Å². The smallest absolute Gasteiger partial charge is 0.331 e. The molecule has 3 heteroatoms. The van der Waals surface area contributed by atoms with Crippen LogP contribution in [-0.2, 0) is 14.3 Å². The zero-order valence-corrected chi connectivity index (χ0v) is 15.2. The molecule has 0 fully saturated rings. The summed E-state index contributed by atoms with van der Waals surface area (Å²) in [7, 11) is 1.40. The molecule has 0 amide bonds. The van der Waals surface area contributed by atoms with Crippen LogP contribution in [0.2, 0.25) is 0 Å². The minimum Gasteiger partial charge on any atom is -0.467 e. The molecule has 0 bridgehead atoms. The number of hydrogen-bond donors (Lipinski definition) is 0. The van der Waals surface area contributed by atoms with Crippen molar-refractivity contribution < 1.29 is 14.3 Å². The Morgan fingerprint density at radius 1 is 0.818 bits per heavy atom. The number of ether oxygens (including phenoxy) is 2. The highest BCUT2D eigenvalue weighted by Crippen LogP contribution is 2.21. The Morgan fingerprint density at radius 3 is 1.91 bits per heavy atom. The molecule has 0 saturated heterocycles. The second-order valence-electron chi connectivity index (χ2n) is 6.34. The van der Waals surface area contributed by atoms with Gasteiger partial charge in [-0.2, -0.15) is 0 Å². The summed E-state index contributed by atoms with van der Waals surface area (Å²) in [5.74, 6) is 0.482. The van der Waals surface area contributed by atoms with Gasteiger partial charge >= 0.3 is 5.97 Å². The molecule has 1 atom stereocenters. The van der Waals surface area contributed by atoms with Crippen LogP contribution >= 0.6 is 0 Å². The molecular formula is C19H38O3. The summed E-state index contributed by atoms with van der Waals surface area (Å²) >= 11 is 0. The van der Waals surface area contributed by atoms with Crippen molar-refractivity contribution in [2.75, 3.05) is 20.3 Å². The monoisotopic (exact) mass is 314 g/mol. The van der Waals surface area contributed by atoms with Gasteiger partial charge in [0, 0.05) is 6.61 Å². The summed E-state index contributed by atoms with van der Waals surface area (Å²) < 4.78 is 10.0. The molecule has 0 aliphatic rings. The quantitative estimate of drug-likeness (QED) is 0.278. The number of rotatable bonds is 16. The summed E-state index contributed by atoms with van der Waals surface area (Å²) in [5, 5.41) is 0. The van der Waals surface area contributed by atoms with Crippen molar-refractivity contribution in [2.45, 2.75) is 90.9 Å². The highest BCUT2D eigenvalue weighted by atomic mass is 16.6. The molecule has 1 unspecified atom stereocenters. The van der Waals surface area contributed by atoms with E-state index in [1.165, 1.54) is 77.7 Å². The lowest BCUT2D eigenvalue weighted by molar-refractivity contribution is -0.146. The van der Waals surface area contributed by atoms with Gasteiger partial charge in [-0.15, -0.1) is 0 Å². The lowest BCUT2D eigenvalue weighted by Gasteiger charge is -2.17. The van der Waals surface area contributed by atoms with Crippen LogP contribution in [-0.4, -0.2) is 26.3 Å². The molecular weight excluding hydrogens is 276 g/mol. The normalized spacial score (nSPS) is 12.3. The fourth-order valence-corrected chi connectivity index (χ4v) is 2.79. The Kier molecular flexibility index (Phi) is 16.4. The van der Waals surface area contributed by atoms with Crippen molar-refractivity contribution >= 4 is 5.97 Å². The molecule has 0 radical (unpaired) electrons. The van der Waals surface area contributed by atoms with E-state index >= 15 is 0 Å². The van der Waals surface area contributed by atoms with Crippen LogP contribution in [0.4, 0.5) is 0 Å². The fraction of sp³-hybridized carbons (Fsp3) is 0.947. The van der Waals surface area contributed by atoms with Crippen molar-refractivity contribution in [1.29, 1.82) is 0 Å². The van der Waals surface area contributed by atoms with Crippen LogP contribution in [0.25, 0.3) is 0 Å². The summed E-state index contributed by atoms with van der Waals surface area (Å²) in [4.78, 5) is 11.0. The third kappa shape index (κ3) is 14.4. The molecule has 0 spiro atoms.